The van der Waals surface area contributed by atoms with E-state index in [2.05, 4.69) is 36.7 Å². The van der Waals surface area contributed by atoms with Gasteiger partial charge in [0.25, 0.3) is 11.8 Å². The van der Waals surface area contributed by atoms with Gasteiger partial charge < -0.3 is 14.8 Å². The average molecular weight is 610 g/mol. The number of carbonyl (C=O) groups is 2. The minimum Gasteiger partial charge on any atom is -0.380 e. The van der Waals surface area contributed by atoms with Crippen molar-refractivity contribution >= 4 is 39.6 Å². The number of benzene rings is 3. The predicted molar refractivity (Wildman–Crippen MR) is 163 cm³/mol. The number of carbonyl (C=O) groups excluding carboxylic acids is 2. The van der Waals surface area contributed by atoms with Crippen LogP contribution < -0.4 is 10.7 Å². The second-order valence-corrected chi connectivity index (χ2v) is 10.0. The van der Waals surface area contributed by atoms with Crippen LogP contribution in [0.15, 0.2) is 76.3 Å². The van der Waals surface area contributed by atoms with Crippen LogP contribution in [0.4, 0.5) is 5.69 Å². The Morgan fingerprint density at radius 3 is 2.27 bits per heavy atom. The maximum absolute atomic E-state index is 13.1. The average Bonchev–Trinajstić information content (AvgIpc) is 2.94. The number of hydrogen-bond donors (Lipinski definition) is 2. The molecule has 0 fully saturated rings. The lowest BCUT2D eigenvalue weighted by Gasteiger charge is -2.22. The number of rotatable bonds is 15. The number of ether oxygens (including phenoxy) is 2. The summed E-state index contributed by atoms with van der Waals surface area (Å²) in [7, 11) is 0. The van der Waals surface area contributed by atoms with Gasteiger partial charge in [-0.15, -0.1) is 0 Å². The third-order valence-electron chi connectivity index (χ3n) is 6.03. The molecule has 0 heterocycles. The molecule has 3 aromatic rings. The van der Waals surface area contributed by atoms with E-state index >= 15 is 0 Å². The highest BCUT2D eigenvalue weighted by atomic mass is 79.9. The Hall–Kier alpha value is -3.37. The first-order valence-corrected chi connectivity index (χ1v) is 14.2. The topological polar surface area (TPSA) is 92.3 Å². The molecule has 0 aliphatic heterocycles. The van der Waals surface area contributed by atoms with E-state index in [-0.39, 0.29) is 5.91 Å². The highest BCUT2D eigenvalue weighted by Crippen LogP contribution is 2.22. The van der Waals surface area contributed by atoms with E-state index in [4.69, 9.17) is 9.47 Å². The van der Waals surface area contributed by atoms with Crippen LogP contribution in [0.1, 0.15) is 51.3 Å². The van der Waals surface area contributed by atoms with Crippen molar-refractivity contribution in [1.29, 1.82) is 0 Å². The fourth-order valence-corrected chi connectivity index (χ4v) is 4.31. The van der Waals surface area contributed by atoms with E-state index < -0.39 is 5.91 Å². The summed E-state index contributed by atoms with van der Waals surface area (Å²) < 4.78 is 11.8. The highest BCUT2D eigenvalue weighted by Gasteiger charge is 2.15. The first-order chi connectivity index (χ1) is 19.4. The fourth-order valence-electron chi connectivity index (χ4n) is 3.95. The zero-order chi connectivity index (χ0) is 28.7. The molecule has 8 nitrogen and oxygen atoms in total. The fraction of sp³-hybridized carbons (Fsp3) is 0.323. The van der Waals surface area contributed by atoms with E-state index in [1.54, 1.807) is 36.5 Å². The van der Waals surface area contributed by atoms with Crippen LogP contribution in [0.3, 0.4) is 0 Å². The molecule has 2 amide bonds. The van der Waals surface area contributed by atoms with E-state index in [0.717, 1.165) is 36.3 Å². The van der Waals surface area contributed by atoms with Gasteiger partial charge in [0.2, 0.25) is 0 Å². The molecule has 212 valence electrons. The van der Waals surface area contributed by atoms with E-state index in [1.807, 2.05) is 57.2 Å². The molecule has 2 N–H and O–H groups in total. The second kappa shape index (κ2) is 16.7. The van der Waals surface area contributed by atoms with E-state index in [0.29, 0.717) is 47.7 Å². The smallest absolute Gasteiger partial charge is 0.273 e. The summed E-state index contributed by atoms with van der Waals surface area (Å²) in [5.74, 6) is -0.745. The SMILES string of the molecule is CCOCCN(CCOCC)Cc1ccc(C(=O)Nc2ccc(Br)cc2C(=O)NN=Cc2cccc(C)c2)cc1. The van der Waals surface area contributed by atoms with Gasteiger partial charge in [-0.2, -0.15) is 5.10 Å². The third-order valence-corrected chi connectivity index (χ3v) is 6.52. The monoisotopic (exact) mass is 608 g/mol. The quantitative estimate of drug-likeness (QED) is 0.132. The zero-order valence-corrected chi connectivity index (χ0v) is 24.9. The Morgan fingerprint density at radius 1 is 0.925 bits per heavy atom. The number of hydrazone groups is 1. The van der Waals surface area contributed by atoms with Crippen LogP contribution in [0.2, 0.25) is 0 Å². The van der Waals surface area contributed by atoms with Crippen molar-refractivity contribution in [3.8, 4) is 0 Å². The Balaban J connectivity index is 1.64. The van der Waals surface area contributed by atoms with Gasteiger partial charge in [0, 0.05) is 42.9 Å². The normalized spacial score (nSPS) is 11.2. The Labute approximate surface area is 244 Å². The summed E-state index contributed by atoms with van der Waals surface area (Å²) in [6.45, 7) is 11.0. The molecule has 0 spiro atoms. The molecule has 0 bridgehead atoms. The van der Waals surface area contributed by atoms with Crippen molar-refractivity contribution in [1.82, 2.24) is 10.3 Å². The van der Waals surface area contributed by atoms with Crippen molar-refractivity contribution in [3.05, 3.63) is 99.0 Å². The second-order valence-electron chi connectivity index (χ2n) is 9.12. The van der Waals surface area contributed by atoms with Crippen molar-refractivity contribution < 1.29 is 19.1 Å². The standard InChI is InChI=1S/C31H37BrN4O4/c1-4-39-17-15-36(16-18-40-5-2)22-24-9-11-26(12-10-24)30(37)34-29-14-13-27(32)20-28(29)31(38)35-33-21-25-8-6-7-23(3)19-25/h6-14,19-21H,4-5,15-18,22H2,1-3H3,(H,34,37)(H,35,38). The van der Waals surface area contributed by atoms with Gasteiger partial charge in [-0.3, -0.25) is 14.5 Å². The summed E-state index contributed by atoms with van der Waals surface area (Å²) >= 11 is 3.40. The number of amides is 2. The largest absolute Gasteiger partial charge is 0.380 e. The molecular formula is C31H37BrN4O4. The summed E-state index contributed by atoms with van der Waals surface area (Å²) in [5, 5.41) is 6.94. The van der Waals surface area contributed by atoms with Gasteiger partial charge in [-0.05, 0) is 62.2 Å². The molecule has 0 aromatic heterocycles. The number of hydrogen-bond acceptors (Lipinski definition) is 6. The van der Waals surface area contributed by atoms with E-state index in [1.165, 1.54) is 0 Å². The summed E-state index contributed by atoms with van der Waals surface area (Å²) in [6, 6.07) is 20.3. The van der Waals surface area contributed by atoms with Crippen LogP contribution in [-0.4, -0.2) is 62.4 Å². The molecule has 0 unspecified atom stereocenters. The summed E-state index contributed by atoms with van der Waals surface area (Å²) in [6.07, 6.45) is 1.58. The van der Waals surface area contributed by atoms with Crippen LogP contribution in [-0.2, 0) is 16.0 Å². The minimum atomic E-state index is -0.435. The first-order valence-electron chi connectivity index (χ1n) is 13.4. The van der Waals surface area contributed by atoms with Crippen LogP contribution in [0, 0.1) is 6.92 Å². The van der Waals surface area contributed by atoms with E-state index in [9.17, 15) is 9.59 Å². The van der Waals surface area contributed by atoms with Crippen LogP contribution >= 0.6 is 15.9 Å². The maximum Gasteiger partial charge on any atom is 0.273 e. The lowest BCUT2D eigenvalue weighted by Crippen LogP contribution is -2.30. The molecule has 9 heteroatoms. The van der Waals surface area contributed by atoms with Gasteiger partial charge in [0.15, 0.2) is 0 Å². The molecule has 0 radical (unpaired) electrons. The first kappa shape index (κ1) is 31.2. The molecule has 0 atom stereocenters. The summed E-state index contributed by atoms with van der Waals surface area (Å²) in [4.78, 5) is 28.2. The minimum absolute atomic E-state index is 0.292. The maximum atomic E-state index is 13.1. The number of anilines is 1. The molecule has 3 rings (SSSR count). The summed E-state index contributed by atoms with van der Waals surface area (Å²) in [5.41, 5.74) is 6.77. The molecule has 0 aliphatic carbocycles. The molecule has 0 saturated carbocycles. The number of nitrogens with zero attached hydrogens (tertiary/aromatic N) is 2. The molecule has 40 heavy (non-hydrogen) atoms. The third kappa shape index (κ3) is 10.3. The highest BCUT2D eigenvalue weighted by molar-refractivity contribution is 9.10. The number of aryl methyl sites for hydroxylation is 1. The number of nitrogens with one attached hydrogen (secondary N) is 2. The molecule has 0 saturated heterocycles. The van der Waals surface area contributed by atoms with Crippen molar-refractivity contribution in [2.45, 2.75) is 27.3 Å². The molecule has 0 aliphatic rings. The number of halogens is 1. The lowest BCUT2D eigenvalue weighted by atomic mass is 10.1. The lowest BCUT2D eigenvalue weighted by molar-refractivity contribution is 0.0798. The van der Waals surface area contributed by atoms with Crippen molar-refractivity contribution in [3.63, 3.8) is 0 Å². The van der Waals surface area contributed by atoms with Gasteiger partial charge in [0.05, 0.1) is 30.7 Å². The van der Waals surface area contributed by atoms with Gasteiger partial charge in [0.1, 0.15) is 0 Å². The van der Waals surface area contributed by atoms with Crippen molar-refractivity contribution in [2.24, 2.45) is 5.10 Å². The van der Waals surface area contributed by atoms with Gasteiger partial charge >= 0.3 is 0 Å². The van der Waals surface area contributed by atoms with Crippen LogP contribution in [0.25, 0.3) is 0 Å². The molecule has 3 aromatic carbocycles. The zero-order valence-electron chi connectivity index (χ0n) is 23.3. The predicted octanol–water partition coefficient (Wildman–Crippen LogP) is 5.65. The Kier molecular flexibility index (Phi) is 13.0. The Morgan fingerprint density at radius 2 is 1.62 bits per heavy atom. The molecular weight excluding hydrogens is 572 g/mol. The Bertz CT molecular complexity index is 1270. The van der Waals surface area contributed by atoms with Crippen LogP contribution in [0.5, 0.6) is 0 Å². The van der Waals surface area contributed by atoms with Crippen molar-refractivity contribution in [2.75, 3.05) is 44.8 Å². The van der Waals surface area contributed by atoms with Gasteiger partial charge in [-0.25, -0.2) is 5.43 Å². The van der Waals surface area contributed by atoms with Gasteiger partial charge in [-0.1, -0.05) is 57.9 Å².